The summed E-state index contributed by atoms with van der Waals surface area (Å²) >= 11 is 11.8. The molecule has 2 amide bonds. The summed E-state index contributed by atoms with van der Waals surface area (Å²) in [7, 11) is 0. The lowest BCUT2D eigenvalue weighted by Crippen LogP contribution is -2.47. The van der Waals surface area contributed by atoms with Gasteiger partial charge in [-0.2, -0.15) is 0 Å². The second-order valence-electron chi connectivity index (χ2n) is 5.85. The largest absolute Gasteiger partial charge is 0.491 e. The maximum atomic E-state index is 12.2. The standard InChI is InChI=1S/C20H22Cl2N2O5/c1-3-27-10-11-28-16-7-4-14(5-8-16)20(26)24-23-19(25)13(2)29-18-9-6-15(21)12-17(18)22/h4-9,12-13H,3,10-11H2,1-2H3,(H,23,25)(H,24,26). The lowest BCUT2D eigenvalue weighted by Gasteiger charge is -2.16. The van der Waals surface area contributed by atoms with Gasteiger partial charge in [0, 0.05) is 17.2 Å². The Balaban J connectivity index is 1.80. The van der Waals surface area contributed by atoms with Gasteiger partial charge >= 0.3 is 0 Å². The van der Waals surface area contributed by atoms with Gasteiger partial charge in [-0.3, -0.25) is 20.4 Å². The fourth-order valence-electron chi connectivity index (χ4n) is 2.17. The summed E-state index contributed by atoms with van der Waals surface area (Å²) in [5, 5.41) is 0.738. The minimum atomic E-state index is -0.893. The van der Waals surface area contributed by atoms with Gasteiger partial charge in [-0.1, -0.05) is 23.2 Å². The molecule has 2 aromatic rings. The van der Waals surface area contributed by atoms with E-state index in [0.717, 1.165) is 0 Å². The van der Waals surface area contributed by atoms with Crippen LogP contribution in [0.5, 0.6) is 11.5 Å². The van der Waals surface area contributed by atoms with Gasteiger partial charge in [-0.15, -0.1) is 0 Å². The van der Waals surface area contributed by atoms with Crippen molar-refractivity contribution in [2.24, 2.45) is 0 Å². The maximum Gasteiger partial charge on any atom is 0.279 e. The summed E-state index contributed by atoms with van der Waals surface area (Å²) in [5.41, 5.74) is 5.01. The summed E-state index contributed by atoms with van der Waals surface area (Å²) in [6.07, 6.45) is -0.893. The Bertz CT molecular complexity index is 830. The Morgan fingerprint density at radius 1 is 1.03 bits per heavy atom. The van der Waals surface area contributed by atoms with Crippen LogP contribution in [0.4, 0.5) is 0 Å². The molecular formula is C20H22Cl2N2O5. The molecule has 0 aliphatic carbocycles. The van der Waals surface area contributed by atoms with Crippen LogP contribution in [0, 0.1) is 0 Å². The lowest BCUT2D eigenvalue weighted by molar-refractivity contribution is -0.128. The van der Waals surface area contributed by atoms with Crippen molar-refractivity contribution in [3.63, 3.8) is 0 Å². The van der Waals surface area contributed by atoms with Crippen molar-refractivity contribution < 1.29 is 23.8 Å². The van der Waals surface area contributed by atoms with E-state index in [2.05, 4.69) is 10.9 Å². The molecule has 1 atom stereocenters. The van der Waals surface area contributed by atoms with Gasteiger partial charge in [0.2, 0.25) is 0 Å². The van der Waals surface area contributed by atoms with Crippen LogP contribution in [0.3, 0.4) is 0 Å². The second-order valence-corrected chi connectivity index (χ2v) is 6.69. The highest BCUT2D eigenvalue weighted by atomic mass is 35.5. The van der Waals surface area contributed by atoms with E-state index in [4.69, 9.17) is 37.4 Å². The Labute approximate surface area is 179 Å². The van der Waals surface area contributed by atoms with E-state index in [1.165, 1.54) is 13.0 Å². The van der Waals surface area contributed by atoms with Gasteiger partial charge in [-0.25, -0.2) is 0 Å². The number of benzene rings is 2. The molecule has 1 unspecified atom stereocenters. The molecule has 0 aliphatic rings. The number of halogens is 2. The normalized spacial score (nSPS) is 11.4. The van der Waals surface area contributed by atoms with Crippen molar-refractivity contribution in [3.8, 4) is 11.5 Å². The van der Waals surface area contributed by atoms with Crippen molar-refractivity contribution in [2.75, 3.05) is 19.8 Å². The van der Waals surface area contributed by atoms with E-state index in [1.54, 1.807) is 36.4 Å². The van der Waals surface area contributed by atoms with Crippen molar-refractivity contribution in [3.05, 3.63) is 58.1 Å². The molecule has 29 heavy (non-hydrogen) atoms. The molecule has 2 rings (SSSR count). The first-order valence-electron chi connectivity index (χ1n) is 8.93. The number of carbonyl (C=O) groups excluding carboxylic acids is 2. The first-order valence-corrected chi connectivity index (χ1v) is 9.68. The third kappa shape index (κ3) is 7.45. The third-order valence-electron chi connectivity index (χ3n) is 3.68. The molecule has 0 aromatic heterocycles. The van der Waals surface area contributed by atoms with Crippen LogP contribution in [-0.2, 0) is 9.53 Å². The van der Waals surface area contributed by atoms with Gasteiger partial charge < -0.3 is 14.2 Å². The van der Waals surface area contributed by atoms with E-state index in [1.807, 2.05) is 6.92 Å². The zero-order chi connectivity index (χ0) is 21.2. The summed E-state index contributed by atoms with van der Waals surface area (Å²) in [6, 6.07) is 11.2. The van der Waals surface area contributed by atoms with Gasteiger partial charge in [0.15, 0.2) is 6.10 Å². The van der Waals surface area contributed by atoms with Crippen molar-refractivity contribution in [2.45, 2.75) is 20.0 Å². The van der Waals surface area contributed by atoms with E-state index in [-0.39, 0.29) is 5.02 Å². The molecule has 0 spiro atoms. The molecule has 0 saturated heterocycles. The van der Waals surface area contributed by atoms with Gasteiger partial charge in [0.05, 0.1) is 11.6 Å². The third-order valence-corrected chi connectivity index (χ3v) is 4.21. The quantitative estimate of drug-likeness (QED) is 0.459. The summed E-state index contributed by atoms with van der Waals surface area (Å²) in [5.74, 6) is -0.0895. The first-order chi connectivity index (χ1) is 13.9. The molecule has 2 N–H and O–H groups in total. The minimum Gasteiger partial charge on any atom is -0.491 e. The Kier molecular flexibility index (Phi) is 9.05. The van der Waals surface area contributed by atoms with Gasteiger partial charge in [0.1, 0.15) is 18.1 Å². The highest BCUT2D eigenvalue weighted by Gasteiger charge is 2.17. The molecule has 0 saturated carbocycles. The van der Waals surface area contributed by atoms with Gasteiger partial charge in [-0.05, 0) is 56.3 Å². The fraction of sp³-hybridized carbons (Fsp3) is 0.300. The zero-order valence-electron chi connectivity index (χ0n) is 16.0. The van der Waals surface area contributed by atoms with Gasteiger partial charge in [0.25, 0.3) is 11.8 Å². The number of rotatable bonds is 9. The summed E-state index contributed by atoms with van der Waals surface area (Å²) < 4.78 is 16.2. The molecule has 0 aliphatic heterocycles. The highest BCUT2D eigenvalue weighted by Crippen LogP contribution is 2.28. The van der Waals surface area contributed by atoms with E-state index < -0.39 is 17.9 Å². The van der Waals surface area contributed by atoms with Crippen LogP contribution in [0.2, 0.25) is 10.0 Å². The smallest absolute Gasteiger partial charge is 0.279 e. The number of ether oxygens (including phenoxy) is 3. The number of hydrogen-bond acceptors (Lipinski definition) is 5. The minimum absolute atomic E-state index is 0.282. The predicted molar refractivity (Wildman–Crippen MR) is 111 cm³/mol. The number of nitrogens with one attached hydrogen (secondary N) is 2. The van der Waals surface area contributed by atoms with Crippen LogP contribution < -0.4 is 20.3 Å². The number of carbonyl (C=O) groups is 2. The molecule has 9 heteroatoms. The molecular weight excluding hydrogens is 419 g/mol. The van der Waals surface area contributed by atoms with Crippen LogP contribution in [0.1, 0.15) is 24.2 Å². The maximum absolute atomic E-state index is 12.2. The first kappa shape index (κ1) is 22.8. The fourth-order valence-corrected chi connectivity index (χ4v) is 2.63. The molecule has 0 heterocycles. The second kappa shape index (κ2) is 11.5. The number of amides is 2. The highest BCUT2D eigenvalue weighted by molar-refractivity contribution is 6.35. The van der Waals surface area contributed by atoms with E-state index in [0.29, 0.717) is 41.9 Å². The Morgan fingerprint density at radius 3 is 2.41 bits per heavy atom. The molecule has 0 bridgehead atoms. The molecule has 7 nitrogen and oxygen atoms in total. The molecule has 0 radical (unpaired) electrons. The molecule has 2 aromatic carbocycles. The average molecular weight is 441 g/mol. The van der Waals surface area contributed by atoms with Crippen LogP contribution in [-0.4, -0.2) is 37.7 Å². The van der Waals surface area contributed by atoms with E-state index in [9.17, 15) is 9.59 Å². The summed E-state index contributed by atoms with van der Waals surface area (Å²) in [6.45, 7) is 4.98. The Morgan fingerprint density at radius 2 is 1.76 bits per heavy atom. The number of hydrazine groups is 1. The van der Waals surface area contributed by atoms with Crippen LogP contribution >= 0.6 is 23.2 Å². The lowest BCUT2D eigenvalue weighted by atomic mass is 10.2. The SMILES string of the molecule is CCOCCOc1ccc(C(=O)NNC(=O)C(C)Oc2ccc(Cl)cc2Cl)cc1. The monoisotopic (exact) mass is 440 g/mol. The summed E-state index contributed by atoms with van der Waals surface area (Å²) in [4.78, 5) is 24.3. The van der Waals surface area contributed by atoms with Crippen LogP contribution in [0.15, 0.2) is 42.5 Å². The van der Waals surface area contributed by atoms with Crippen molar-refractivity contribution in [1.82, 2.24) is 10.9 Å². The van der Waals surface area contributed by atoms with Crippen molar-refractivity contribution in [1.29, 1.82) is 0 Å². The predicted octanol–water partition coefficient (Wildman–Crippen LogP) is 3.64. The topological polar surface area (TPSA) is 85.9 Å². The molecule has 156 valence electrons. The molecule has 0 fully saturated rings. The van der Waals surface area contributed by atoms with E-state index >= 15 is 0 Å². The number of hydrogen-bond donors (Lipinski definition) is 2. The zero-order valence-corrected chi connectivity index (χ0v) is 17.5. The Hall–Kier alpha value is -2.48. The average Bonchev–Trinajstić information content (AvgIpc) is 2.71. The van der Waals surface area contributed by atoms with Crippen LogP contribution in [0.25, 0.3) is 0 Å². The van der Waals surface area contributed by atoms with Crippen molar-refractivity contribution >= 4 is 35.0 Å².